The van der Waals surface area contributed by atoms with Crippen LogP contribution in [0.2, 0.25) is 0 Å². The Morgan fingerprint density at radius 3 is 2.72 bits per heavy atom. The molecule has 3 aromatic rings. The van der Waals surface area contributed by atoms with Crippen LogP contribution in [-0.4, -0.2) is 27.1 Å². The summed E-state index contributed by atoms with van der Waals surface area (Å²) in [4.78, 5) is 19.4. The first-order valence-corrected chi connectivity index (χ1v) is 7.82. The fraction of sp³-hybridized carbons (Fsp3) is 0.167. The maximum Gasteiger partial charge on any atom is 0.305 e. The van der Waals surface area contributed by atoms with Gasteiger partial charge in [0.15, 0.2) is 5.82 Å². The van der Waals surface area contributed by atoms with Crippen molar-refractivity contribution in [3.63, 3.8) is 0 Å². The van der Waals surface area contributed by atoms with Gasteiger partial charge in [0, 0.05) is 29.5 Å². The van der Waals surface area contributed by atoms with Crippen molar-refractivity contribution in [2.75, 3.05) is 5.32 Å². The number of fused-ring (bicyclic) bond motifs is 1. The number of benzene rings is 1. The van der Waals surface area contributed by atoms with E-state index >= 15 is 0 Å². The minimum Gasteiger partial charge on any atom is -0.481 e. The molecule has 1 unspecified atom stereocenters. The van der Waals surface area contributed by atoms with E-state index in [0.717, 1.165) is 11.1 Å². The molecular weight excluding hydrogens is 318 g/mol. The Morgan fingerprint density at radius 1 is 1.12 bits per heavy atom. The smallest absolute Gasteiger partial charge is 0.305 e. The van der Waals surface area contributed by atoms with Crippen LogP contribution in [0.5, 0.6) is 0 Å². The molecule has 2 N–H and O–H groups in total. The van der Waals surface area contributed by atoms with Gasteiger partial charge in [0.25, 0.3) is 0 Å². The average Bonchev–Trinajstić information content (AvgIpc) is 2.61. The molecular formula is C18H17N5O2. The maximum absolute atomic E-state index is 10.9. The highest BCUT2D eigenvalue weighted by Crippen LogP contribution is 2.31. The molecule has 7 nitrogen and oxygen atoms in total. The van der Waals surface area contributed by atoms with E-state index < -0.39 is 5.97 Å². The lowest BCUT2D eigenvalue weighted by Crippen LogP contribution is -2.19. The number of aromatic nitrogens is 2. The van der Waals surface area contributed by atoms with E-state index in [2.05, 4.69) is 25.5 Å². The lowest BCUT2D eigenvalue weighted by atomic mass is 10.1. The fourth-order valence-electron chi connectivity index (χ4n) is 2.46. The van der Waals surface area contributed by atoms with Crippen molar-refractivity contribution in [3.05, 3.63) is 54.9 Å². The van der Waals surface area contributed by atoms with Crippen LogP contribution < -0.4 is 5.32 Å². The predicted octanol–water partition coefficient (Wildman–Crippen LogP) is 4.32. The van der Waals surface area contributed by atoms with Gasteiger partial charge in [-0.25, -0.2) is 4.98 Å². The summed E-state index contributed by atoms with van der Waals surface area (Å²) in [5.41, 5.74) is 2.13. The number of pyridine rings is 2. The number of carboxylic acid groups (broad SMARTS) is 1. The molecule has 0 saturated carbocycles. The average molecular weight is 335 g/mol. The molecule has 126 valence electrons. The van der Waals surface area contributed by atoms with Gasteiger partial charge in [0.05, 0.1) is 11.9 Å². The molecule has 0 aliphatic carbocycles. The topological polar surface area (TPSA) is 99.8 Å². The third-order valence-electron chi connectivity index (χ3n) is 3.54. The summed E-state index contributed by atoms with van der Waals surface area (Å²) in [6.45, 7) is 1.82. The molecule has 1 aromatic carbocycles. The van der Waals surface area contributed by atoms with E-state index in [1.165, 1.54) is 0 Å². The second-order valence-corrected chi connectivity index (χ2v) is 5.56. The molecule has 0 amide bonds. The van der Waals surface area contributed by atoms with E-state index in [1.54, 1.807) is 24.5 Å². The number of azo groups is 1. The van der Waals surface area contributed by atoms with Crippen molar-refractivity contribution in [1.82, 2.24) is 9.97 Å². The lowest BCUT2D eigenvalue weighted by Gasteiger charge is -2.15. The van der Waals surface area contributed by atoms with Crippen LogP contribution in [0.3, 0.4) is 0 Å². The highest BCUT2D eigenvalue weighted by molar-refractivity contribution is 5.98. The van der Waals surface area contributed by atoms with Crippen LogP contribution in [0.25, 0.3) is 10.9 Å². The molecule has 3 rings (SSSR count). The fourth-order valence-corrected chi connectivity index (χ4v) is 2.46. The van der Waals surface area contributed by atoms with E-state index in [-0.39, 0.29) is 12.5 Å². The number of carbonyl (C=O) groups is 1. The first kappa shape index (κ1) is 16.5. The number of hydrogen-bond donors (Lipinski definition) is 2. The molecule has 25 heavy (non-hydrogen) atoms. The zero-order valence-corrected chi connectivity index (χ0v) is 13.6. The Labute approximate surface area is 144 Å². The number of carboxylic acids is 1. The molecule has 7 heteroatoms. The molecule has 0 aliphatic heterocycles. The van der Waals surface area contributed by atoms with Crippen molar-refractivity contribution in [2.24, 2.45) is 10.2 Å². The Hall–Kier alpha value is -3.35. The van der Waals surface area contributed by atoms with E-state index in [4.69, 9.17) is 5.11 Å². The third-order valence-corrected chi connectivity index (χ3v) is 3.54. The third kappa shape index (κ3) is 4.14. The van der Waals surface area contributed by atoms with Gasteiger partial charge in [-0.2, -0.15) is 0 Å². The molecule has 0 bridgehead atoms. The van der Waals surface area contributed by atoms with Crippen LogP contribution in [0.15, 0.2) is 65.1 Å². The number of anilines is 1. The van der Waals surface area contributed by atoms with Gasteiger partial charge in [-0.15, -0.1) is 10.2 Å². The van der Waals surface area contributed by atoms with Crippen molar-refractivity contribution in [3.8, 4) is 0 Å². The predicted molar refractivity (Wildman–Crippen MR) is 95.5 cm³/mol. The summed E-state index contributed by atoms with van der Waals surface area (Å²) >= 11 is 0. The van der Waals surface area contributed by atoms with Gasteiger partial charge < -0.3 is 10.4 Å². The van der Waals surface area contributed by atoms with Crippen LogP contribution in [0, 0.1) is 0 Å². The summed E-state index contributed by atoms with van der Waals surface area (Å²) in [6.07, 6.45) is 3.37. The molecule has 2 aromatic heterocycles. The highest BCUT2D eigenvalue weighted by atomic mass is 16.4. The van der Waals surface area contributed by atoms with Gasteiger partial charge in [0.2, 0.25) is 0 Å². The first-order valence-electron chi connectivity index (χ1n) is 7.82. The zero-order chi connectivity index (χ0) is 17.6. The van der Waals surface area contributed by atoms with Crippen LogP contribution >= 0.6 is 0 Å². The standard InChI is InChI=1S/C18H17N5O2/c1-12(11-17(24)25)21-14-7-8-15(18-13(14)5-4-10-20-18)22-23-16-6-2-3-9-19-16/h2-10,12,21H,11H2,1H3,(H,24,25). The van der Waals surface area contributed by atoms with E-state index in [0.29, 0.717) is 17.0 Å². The largest absolute Gasteiger partial charge is 0.481 e. The van der Waals surface area contributed by atoms with E-state index in [1.807, 2.05) is 37.3 Å². The number of nitrogens with zero attached hydrogens (tertiary/aromatic N) is 4. The first-order chi connectivity index (χ1) is 12.1. The SMILES string of the molecule is CC(CC(=O)O)Nc1ccc(N=Nc2ccccn2)c2ncccc12. The zero-order valence-electron chi connectivity index (χ0n) is 13.6. The Balaban J connectivity index is 1.93. The number of nitrogens with one attached hydrogen (secondary N) is 1. The van der Waals surface area contributed by atoms with Crippen LogP contribution in [0.4, 0.5) is 17.2 Å². The molecule has 0 spiro atoms. The second-order valence-electron chi connectivity index (χ2n) is 5.56. The Kier molecular flexibility index (Phi) is 4.94. The quantitative estimate of drug-likeness (QED) is 0.653. The normalized spacial score (nSPS) is 12.4. The summed E-state index contributed by atoms with van der Waals surface area (Å²) < 4.78 is 0. The molecule has 0 aliphatic rings. The second kappa shape index (κ2) is 7.48. The number of rotatable bonds is 6. The van der Waals surface area contributed by atoms with Crippen molar-refractivity contribution in [1.29, 1.82) is 0 Å². The van der Waals surface area contributed by atoms with Crippen molar-refractivity contribution in [2.45, 2.75) is 19.4 Å². The Morgan fingerprint density at radius 2 is 1.96 bits per heavy atom. The van der Waals surface area contributed by atoms with Gasteiger partial charge in [-0.3, -0.25) is 9.78 Å². The number of aliphatic carboxylic acids is 1. The van der Waals surface area contributed by atoms with Gasteiger partial charge in [0.1, 0.15) is 5.69 Å². The van der Waals surface area contributed by atoms with Gasteiger partial charge >= 0.3 is 5.97 Å². The summed E-state index contributed by atoms with van der Waals surface area (Å²) in [7, 11) is 0. The minimum absolute atomic E-state index is 0.0306. The lowest BCUT2D eigenvalue weighted by molar-refractivity contribution is -0.137. The highest BCUT2D eigenvalue weighted by Gasteiger charge is 2.11. The summed E-state index contributed by atoms with van der Waals surface area (Å²) in [5.74, 6) is -0.327. The summed E-state index contributed by atoms with van der Waals surface area (Å²) in [6, 6.07) is 12.6. The van der Waals surface area contributed by atoms with Crippen molar-refractivity contribution < 1.29 is 9.90 Å². The summed E-state index contributed by atoms with van der Waals surface area (Å²) in [5, 5.41) is 21.4. The van der Waals surface area contributed by atoms with Gasteiger partial charge in [-0.05, 0) is 43.3 Å². The number of hydrogen-bond acceptors (Lipinski definition) is 6. The maximum atomic E-state index is 10.9. The molecule has 0 saturated heterocycles. The van der Waals surface area contributed by atoms with E-state index in [9.17, 15) is 4.79 Å². The van der Waals surface area contributed by atoms with Crippen molar-refractivity contribution >= 4 is 34.1 Å². The Bertz CT molecular complexity index is 912. The van der Waals surface area contributed by atoms with Gasteiger partial charge in [-0.1, -0.05) is 6.07 Å². The molecule has 1 atom stereocenters. The monoisotopic (exact) mass is 335 g/mol. The molecule has 0 radical (unpaired) electrons. The van der Waals surface area contributed by atoms with Crippen LogP contribution in [0.1, 0.15) is 13.3 Å². The van der Waals surface area contributed by atoms with Crippen LogP contribution in [-0.2, 0) is 4.79 Å². The molecule has 0 fully saturated rings. The minimum atomic E-state index is -0.844. The molecule has 2 heterocycles.